The van der Waals surface area contributed by atoms with E-state index in [0.29, 0.717) is 11.5 Å². The van der Waals surface area contributed by atoms with Crippen LogP contribution in [0.2, 0.25) is 0 Å². The Bertz CT molecular complexity index is 309. The number of hydrogen-bond donors (Lipinski definition) is 1. The van der Waals surface area contributed by atoms with E-state index in [4.69, 9.17) is 0 Å². The van der Waals surface area contributed by atoms with E-state index in [2.05, 4.69) is 44.2 Å². The van der Waals surface area contributed by atoms with E-state index in [1.165, 1.54) is 12.1 Å². The molecule has 0 aliphatic rings. The van der Waals surface area contributed by atoms with Crippen LogP contribution in [0.25, 0.3) is 0 Å². The van der Waals surface area contributed by atoms with Gasteiger partial charge in [0.05, 0.1) is 5.69 Å². The minimum atomic E-state index is 0.395. The van der Waals surface area contributed by atoms with Crippen LogP contribution in [0.4, 0.5) is 0 Å². The molecule has 0 fully saturated rings. The lowest BCUT2D eigenvalue weighted by Gasteiger charge is -2.23. The summed E-state index contributed by atoms with van der Waals surface area (Å²) >= 11 is 0. The Morgan fingerprint density at radius 1 is 1.44 bits per heavy atom. The number of aromatic nitrogens is 2. The van der Waals surface area contributed by atoms with Gasteiger partial charge in [0.2, 0.25) is 0 Å². The zero-order valence-corrected chi connectivity index (χ0v) is 11.2. The van der Waals surface area contributed by atoms with Crippen LogP contribution in [0, 0.1) is 5.41 Å². The van der Waals surface area contributed by atoms with Gasteiger partial charge in [-0.05, 0) is 30.9 Å². The van der Waals surface area contributed by atoms with E-state index < -0.39 is 0 Å². The molecule has 92 valence electrons. The number of aryl methyl sites for hydroxylation is 1. The van der Waals surface area contributed by atoms with Crippen molar-refractivity contribution < 1.29 is 0 Å². The Balaban J connectivity index is 2.65. The van der Waals surface area contributed by atoms with Crippen molar-refractivity contribution in [3.05, 3.63) is 18.0 Å². The maximum atomic E-state index is 4.24. The number of nitrogens with one attached hydrogen (secondary N) is 1. The van der Waals surface area contributed by atoms with Crippen LogP contribution in [0.1, 0.15) is 52.3 Å². The summed E-state index contributed by atoms with van der Waals surface area (Å²) in [5.41, 5.74) is 1.68. The van der Waals surface area contributed by atoms with E-state index in [-0.39, 0.29) is 0 Å². The zero-order valence-electron chi connectivity index (χ0n) is 11.2. The molecular weight excluding hydrogens is 198 g/mol. The first-order chi connectivity index (χ1) is 7.44. The van der Waals surface area contributed by atoms with Crippen LogP contribution < -0.4 is 5.32 Å². The molecule has 16 heavy (non-hydrogen) atoms. The molecule has 1 unspecified atom stereocenters. The van der Waals surface area contributed by atoms with Gasteiger partial charge in [-0.2, -0.15) is 5.10 Å². The van der Waals surface area contributed by atoms with Gasteiger partial charge in [-0.15, -0.1) is 0 Å². The maximum absolute atomic E-state index is 4.24. The summed E-state index contributed by atoms with van der Waals surface area (Å²) in [7, 11) is 2.01. The molecular formula is C13H25N3. The molecule has 0 saturated carbocycles. The standard InChI is InChI=1S/C13H25N3/c1-6-14-11(7-9-13(2,3)4)12-8-10-15-16(12)5/h8,10-11,14H,6-7,9H2,1-5H3. The summed E-state index contributed by atoms with van der Waals surface area (Å²) in [6.07, 6.45) is 4.25. The van der Waals surface area contributed by atoms with Crippen molar-refractivity contribution in [2.24, 2.45) is 12.5 Å². The summed E-state index contributed by atoms with van der Waals surface area (Å²) < 4.78 is 1.97. The highest BCUT2D eigenvalue weighted by Crippen LogP contribution is 2.26. The van der Waals surface area contributed by atoms with Crippen LogP contribution >= 0.6 is 0 Å². The molecule has 0 saturated heterocycles. The Hall–Kier alpha value is -0.830. The minimum Gasteiger partial charge on any atom is -0.309 e. The van der Waals surface area contributed by atoms with Gasteiger partial charge in [0, 0.05) is 19.3 Å². The summed E-state index contributed by atoms with van der Waals surface area (Å²) in [5, 5.41) is 7.78. The van der Waals surface area contributed by atoms with Crippen LogP contribution in [-0.4, -0.2) is 16.3 Å². The molecule has 3 nitrogen and oxygen atoms in total. The van der Waals surface area contributed by atoms with E-state index in [1.54, 1.807) is 0 Å². The van der Waals surface area contributed by atoms with Gasteiger partial charge in [0.25, 0.3) is 0 Å². The van der Waals surface area contributed by atoms with Crippen molar-refractivity contribution in [1.82, 2.24) is 15.1 Å². The minimum absolute atomic E-state index is 0.395. The Morgan fingerprint density at radius 2 is 2.12 bits per heavy atom. The molecule has 0 aromatic carbocycles. The van der Waals surface area contributed by atoms with Crippen LogP contribution in [0.3, 0.4) is 0 Å². The average Bonchev–Trinajstić information content (AvgIpc) is 2.57. The third-order valence-electron chi connectivity index (χ3n) is 2.85. The van der Waals surface area contributed by atoms with Crippen molar-refractivity contribution in [2.75, 3.05) is 6.54 Å². The fourth-order valence-corrected chi connectivity index (χ4v) is 1.90. The molecule has 1 rings (SSSR count). The fraction of sp³-hybridized carbons (Fsp3) is 0.769. The molecule has 0 aliphatic carbocycles. The summed E-state index contributed by atoms with van der Waals surface area (Å²) in [6.45, 7) is 10.0. The van der Waals surface area contributed by atoms with Gasteiger partial charge < -0.3 is 5.32 Å². The van der Waals surface area contributed by atoms with E-state index in [9.17, 15) is 0 Å². The van der Waals surface area contributed by atoms with Crippen molar-refractivity contribution in [3.63, 3.8) is 0 Å². The third-order valence-corrected chi connectivity index (χ3v) is 2.85. The van der Waals surface area contributed by atoms with Gasteiger partial charge >= 0.3 is 0 Å². The molecule has 0 spiro atoms. The molecule has 0 amide bonds. The molecule has 1 N–H and O–H groups in total. The predicted molar refractivity (Wildman–Crippen MR) is 68.3 cm³/mol. The SMILES string of the molecule is CCNC(CCC(C)(C)C)c1ccnn1C. The Morgan fingerprint density at radius 3 is 2.56 bits per heavy atom. The molecule has 1 heterocycles. The number of nitrogens with zero attached hydrogens (tertiary/aromatic N) is 2. The smallest absolute Gasteiger partial charge is 0.0550 e. The monoisotopic (exact) mass is 223 g/mol. The second-order valence-electron chi connectivity index (χ2n) is 5.59. The molecule has 0 bridgehead atoms. The molecule has 1 aromatic heterocycles. The summed E-state index contributed by atoms with van der Waals surface area (Å²) in [6, 6.07) is 2.53. The Kier molecular flexibility index (Phi) is 4.54. The van der Waals surface area contributed by atoms with Gasteiger partial charge in [-0.25, -0.2) is 0 Å². The number of hydrogen-bond acceptors (Lipinski definition) is 2. The largest absolute Gasteiger partial charge is 0.309 e. The molecule has 3 heteroatoms. The zero-order chi connectivity index (χ0) is 12.2. The van der Waals surface area contributed by atoms with E-state index in [1.807, 2.05) is 17.9 Å². The molecule has 1 atom stereocenters. The van der Waals surface area contributed by atoms with E-state index in [0.717, 1.165) is 13.0 Å². The second kappa shape index (κ2) is 5.48. The second-order valence-corrected chi connectivity index (χ2v) is 5.59. The average molecular weight is 223 g/mol. The van der Waals surface area contributed by atoms with Crippen molar-refractivity contribution in [3.8, 4) is 0 Å². The molecule has 1 aromatic rings. The van der Waals surface area contributed by atoms with Crippen molar-refractivity contribution >= 4 is 0 Å². The maximum Gasteiger partial charge on any atom is 0.0550 e. The van der Waals surface area contributed by atoms with E-state index >= 15 is 0 Å². The first-order valence-corrected chi connectivity index (χ1v) is 6.15. The van der Waals surface area contributed by atoms with Crippen LogP contribution in [-0.2, 0) is 7.05 Å². The fourth-order valence-electron chi connectivity index (χ4n) is 1.90. The van der Waals surface area contributed by atoms with Gasteiger partial charge in [0.1, 0.15) is 0 Å². The highest BCUT2D eigenvalue weighted by molar-refractivity contribution is 5.06. The lowest BCUT2D eigenvalue weighted by atomic mass is 9.88. The molecule has 0 radical (unpaired) electrons. The lowest BCUT2D eigenvalue weighted by molar-refractivity contribution is 0.328. The Labute approximate surface area is 99.2 Å². The van der Waals surface area contributed by atoms with Gasteiger partial charge in [-0.3, -0.25) is 4.68 Å². The summed E-state index contributed by atoms with van der Waals surface area (Å²) in [5.74, 6) is 0. The molecule has 0 aliphatic heterocycles. The number of rotatable bonds is 5. The van der Waals surface area contributed by atoms with Gasteiger partial charge in [0.15, 0.2) is 0 Å². The predicted octanol–water partition coefficient (Wildman–Crippen LogP) is 2.90. The quantitative estimate of drug-likeness (QED) is 0.832. The van der Waals surface area contributed by atoms with Crippen molar-refractivity contribution in [2.45, 2.75) is 46.6 Å². The highest BCUT2D eigenvalue weighted by Gasteiger charge is 2.18. The summed E-state index contributed by atoms with van der Waals surface area (Å²) in [4.78, 5) is 0. The lowest BCUT2D eigenvalue weighted by Crippen LogP contribution is -2.24. The highest BCUT2D eigenvalue weighted by atomic mass is 15.3. The first-order valence-electron chi connectivity index (χ1n) is 6.15. The normalized spacial score (nSPS) is 14.1. The van der Waals surface area contributed by atoms with Crippen LogP contribution in [0.5, 0.6) is 0 Å². The third kappa shape index (κ3) is 3.97. The van der Waals surface area contributed by atoms with Crippen molar-refractivity contribution in [1.29, 1.82) is 0 Å². The topological polar surface area (TPSA) is 29.9 Å². The van der Waals surface area contributed by atoms with Crippen LogP contribution in [0.15, 0.2) is 12.3 Å². The first kappa shape index (κ1) is 13.2. The van der Waals surface area contributed by atoms with Gasteiger partial charge in [-0.1, -0.05) is 27.7 Å².